The molecule has 0 aromatic heterocycles. The number of hydrogen-bond acceptors (Lipinski definition) is 4. The number of hydrogen-bond donors (Lipinski definition) is 1. The summed E-state index contributed by atoms with van der Waals surface area (Å²) in [4.78, 5) is 36.7. The minimum atomic E-state index is -0.408. The van der Waals surface area contributed by atoms with E-state index < -0.39 is 5.91 Å². The third kappa shape index (κ3) is 7.51. The lowest BCUT2D eigenvalue weighted by atomic mass is 9.77. The number of ketones is 2. The molecule has 0 spiro atoms. The summed E-state index contributed by atoms with van der Waals surface area (Å²) in [6.45, 7) is 16.5. The molecule has 1 amide bonds. The molecule has 4 rings (SSSR count). The van der Waals surface area contributed by atoms with Crippen molar-refractivity contribution in [2.75, 3.05) is 6.54 Å². The standard InChI is InChI=1S/C16H22N2O2.C10H8O.C2H6.ClH.H2O/c1-10-6-7-15(19)14(11(10)2)9-18-8-4-5-13(12(18)3)16(17)20;1-7-6-10(11)9-5-3-2-4-8(7)9;1-2;;/h4-5,8,10,12,14H,2,6-7,9H2,1,3H3,(H2,17,20);2-5H,1,6H2;1-2H3;1H;1H2. The Balaban J connectivity index is 0.000000656. The second kappa shape index (κ2) is 14.4. The second-order valence-electron chi connectivity index (χ2n) is 8.48. The first kappa shape index (κ1) is 32.0. The quantitative estimate of drug-likeness (QED) is 0.603. The number of rotatable bonds is 3. The van der Waals surface area contributed by atoms with Crippen LogP contribution in [0.5, 0.6) is 0 Å². The normalized spacial score (nSPS) is 22.3. The van der Waals surface area contributed by atoms with Gasteiger partial charge in [0.1, 0.15) is 5.78 Å². The minimum Gasteiger partial charge on any atom is -0.412 e. The van der Waals surface area contributed by atoms with Crippen LogP contribution in [0.15, 0.2) is 66.9 Å². The molecule has 1 aliphatic heterocycles. The maximum atomic E-state index is 12.1. The van der Waals surface area contributed by atoms with E-state index in [-0.39, 0.29) is 41.4 Å². The van der Waals surface area contributed by atoms with Crippen LogP contribution in [0.25, 0.3) is 5.57 Å². The van der Waals surface area contributed by atoms with E-state index in [2.05, 4.69) is 20.1 Å². The highest BCUT2D eigenvalue weighted by Gasteiger charge is 2.33. The zero-order chi connectivity index (χ0) is 24.7. The van der Waals surface area contributed by atoms with E-state index in [9.17, 15) is 14.4 Å². The Kier molecular flexibility index (Phi) is 13.2. The van der Waals surface area contributed by atoms with Gasteiger partial charge < -0.3 is 16.1 Å². The molecule has 3 atom stereocenters. The van der Waals surface area contributed by atoms with Crippen LogP contribution >= 0.6 is 12.4 Å². The molecule has 1 fully saturated rings. The molecule has 1 aromatic rings. The lowest BCUT2D eigenvalue weighted by molar-refractivity contribution is -0.123. The third-order valence-electron chi connectivity index (χ3n) is 6.45. The van der Waals surface area contributed by atoms with Crippen LogP contribution in [0.4, 0.5) is 0 Å². The molecule has 1 heterocycles. The predicted octanol–water partition coefficient (Wildman–Crippen LogP) is 4.70. The Morgan fingerprint density at radius 2 is 1.71 bits per heavy atom. The number of benzene rings is 1. The average molecular weight is 503 g/mol. The van der Waals surface area contributed by atoms with Gasteiger partial charge in [-0.3, -0.25) is 14.4 Å². The molecule has 0 bridgehead atoms. The van der Waals surface area contributed by atoms with Crippen molar-refractivity contribution in [2.45, 2.75) is 53.0 Å². The van der Waals surface area contributed by atoms with Crippen LogP contribution in [0, 0.1) is 11.8 Å². The predicted molar refractivity (Wildman–Crippen MR) is 145 cm³/mol. The van der Waals surface area contributed by atoms with E-state index in [0.717, 1.165) is 28.7 Å². The highest BCUT2D eigenvalue weighted by atomic mass is 35.5. The number of allylic oxidation sites excluding steroid dienone is 3. The number of nitrogens with two attached hydrogens (primary N) is 1. The van der Waals surface area contributed by atoms with Gasteiger partial charge in [0.05, 0.1) is 12.0 Å². The van der Waals surface area contributed by atoms with E-state index in [1.165, 1.54) is 0 Å². The van der Waals surface area contributed by atoms with Gasteiger partial charge in [-0.25, -0.2) is 0 Å². The van der Waals surface area contributed by atoms with Crippen molar-refractivity contribution in [3.05, 3.63) is 78.0 Å². The molecule has 1 saturated carbocycles. The molecular weight excluding hydrogens is 464 g/mol. The molecule has 1 aromatic carbocycles. The summed E-state index contributed by atoms with van der Waals surface area (Å²) in [6, 6.07) is 7.52. The zero-order valence-corrected chi connectivity index (χ0v) is 22.0. The lowest BCUT2D eigenvalue weighted by Crippen LogP contribution is -2.42. The molecule has 7 heteroatoms. The van der Waals surface area contributed by atoms with Crippen LogP contribution in [-0.2, 0) is 9.59 Å². The van der Waals surface area contributed by atoms with Crippen molar-refractivity contribution in [2.24, 2.45) is 17.6 Å². The van der Waals surface area contributed by atoms with Gasteiger partial charge in [-0.1, -0.05) is 69.8 Å². The second-order valence-corrected chi connectivity index (χ2v) is 8.48. The van der Waals surface area contributed by atoms with Crippen LogP contribution in [0.1, 0.15) is 62.9 Å². The smallest absolute Gasteiger partial charge is 0.246 e. The molecule has 0 saturated heterocycles. The molecular formula is C28H39ClN2O4. The molecule has 6 nitrogen and oxygen atoms in total. The fourth-order valence-corrected chi connectivity index (χ4v) is 4.33. The number of amides is 1. The fraction of sp³-hybridized carbons (Fsp3) is 0.393. The molecule has 2 aliphatic carbocycles. The van der Waals surface area contributed by atoms with Gasteiger partial charge in [0, 0.05) is 30.5 Å². The van der Waals surface area contributed by atoms with Crippen molar-refractivity contribution in [1.82, 2.24) is 4.90 Å². The summed E-state index contributed by atoms with van der Waals surface area (Å²) in [7, 11) is 0. The van der Waals surface area contributed by atoms with Crippen molar-refractivity contribution in [1.29, 1.82) is 0 Å². The van der Waals surface area contributed by atoms with Crippen LogP contribution in [-0.4, -0.2) is 40.4 Å². The van der Waals surface area contributed by atoms with E-state index in [1.54, 1.807) is 12.2 Å². The number of fused-ring (bicyclic) bond motifs is 1. The topological polar surface area (TPSA) is 112 Å². The Morgan fingerprint density at radius 1 is 1.11 bits per heavy atom. The summed E-state index contributed by atoms with van der Waals surface area (Å²) in [5, 5.41) is 0. The number of nitrogens with zero attached hydrogens (tertiary/aromatic N) is 1. The van der Waals surface area contributed by atoms with Crippen molar-refractivity contribution < 1.29 is 19.9 Å². The van der Waals surface area contributed by atoms with Gasteiger partial charge in [-0.2, -0.15) is 0 Å². The number of carbonyl (C=O) groups is 3. The number of halogens is 1. The Morgan fingerprint density at radius 3 is 2.29 bits per heavy atom. The van der Waals surface area contributed by atoms with E-state index in [4.69, 9.17) is 5.73 Å². The van der Waals surface area contributed by atoms with Crippen molar-refractivity contribution in [3.63, 3.8) is 0 Å². The van der Waals surface area contributed by atoms with Gasteiger partial charge in [-0.05, 0) is 42.7 Å². The van der Waals surface area contributed by atoms with Crippen LogP contribution in [0.2, 0.25) is 0 Å². The zero-order valence-electron chi connectivity index (χ0n) is 21.2. The Bertz CT molecular complexity index is 979. The minimum absolute atomic E-state index is 0. The van der Waals surface area contributed by atoms with Crippen LogP contribution in [0.3, 0.4) is 0 Å². The number of primary amides is 1. The van der Waals surface area contributed by atoms with Crippen LogP contribution < -0.4 is 5.73 Å². The summed E-state index contributed by atoms with van der Waals surface area (Å²) in [5.74, 6) is 0.287. The molecule has 0 radical (unpaired) electrons. The maximum Gasteiger partial charge on any atom is 0.246 e. The Labute approximate surface area is 215 Å². The summed E-state index contributed by atoms with van der Waals surface area (Å²) >= 11 is 0. The first-order chi connectivity index (χ1) is 15.7. The molecule has 192 valence electrons. The van der Waals surface area contributed by atoms with E-state index in [1.807, 2.05) is 56.1 Å². The fourth-order valence-electron chi connectivity index (χ4n) is 4.33. The largest absolute Gasteiger partial charge is 0.412 e. The Hall–Kier alpha value is -2.96. The van der Waals surface area contributed by atoms with Crippen molar-refractivity contribution in [3.8, 4) is 0 Å². The molecule has 35 heavy (non-hydrogen) atoms. The van der Waals surface area contributed by atoms with E-state index in [0.29, 0.717) is 30.9 Å². The summed E-state index contributed by atoms with van der Waals surface area (Å²) in [6.07, 6.45) is 7.47. The number of Topliss-reactive ketones (excluding diaryl/α,β-unsaturated/α-hetero) is 2. The van der Waals surface area contributed by atoms with Gasteiger partial charge >= 0.3 is 0 Å². The molecule has 3 unspecified atom stereocenters. The van der Waals surface area contributed by atoms with Gasteiger partial charge in [-0.15, -0.1) is 12.4 Å². The van der Waals surface area contributed by atoms with Gasteiger partial charge in [0.2, 0.25) is 5.91 Å². The van der Waals surface area contributed by atoms with Gasteiger partial charge in [0.25, 0.3) is 0 Å². The first-order valence-electron chi connectivity index (χ1n) is 11.7. The molecule has 4 N–H and O–H groups in total. The number of carbonyl (C=O) groups excluding carboxylic acids is 3. The van der Waals surface area contributed by atoms with E-state index >= 15 is 0 Å². The van der Waals surface area contributed by atoms with Gasteiger partial charge in [0.15, 0.2) is 5.78 Å². The highest BCUT2D eigenvalue weighted by molar-refractivity contribution is 6.11. The first-order valence-corrected chi connectivity index (χ1v) is 11.7. The summed E-state index contributed by atoms with van der Waals surface area (Å²) in [5.41, 5.74) is 9.77. The SMILES string of the molecule is C=C1C(C)CCC(=O)C1CN1C=CC=C(C(N)=O)C1C.C=C1CC(=O)c2ccccc21.CC.Cl.O. The maximum absolute atomic E-state index is 12.1. The lowest BCUT2D eigenvalue weighted by Gasteiger charge is -2.37. The average Bonchev–Trinajstić information content (AvgIpc) is 3.10. The molecule has 3 aliphatic rings. The van der Waals surface area contributed by atoms with Crippen molar-refractivity contribution >= 4 is 35.5 Å². The summed E-state index contributed by atoms with van der Waals surface area (Å²) < 4.78 is 0. The highest BCUT2D eigenvalue weighted by Crippen LogP contribution is 2.32. The third-order valence-corrected chi connectivity index (χ3v) is 6.45. The monoisotopic (exact) mass is 502 g/mol.